The maximum atomic E-state index is 11.0. The van der Waals surface area contributed by atoms with Crippen LogP contribution in [0.15, 0.2) is 0 Å². The molecule has 0 aromatic carbocycles. The third kappa shape index (κ3) is 2.09. The van der Waals surface area contributed by atoms with Gasteiger partial charge in [-0.25, -0.2) is 10.3 Å². The molecule has 1 fully saturated rings. The number of carbonyl (C=O) groups is 2. The van der Waals surface area contributed by atoms with Gasteiger partial charge in [0.1, 0.15) is 6.04 Å². The predicted octanol–water partition coefficient (Wildman–Crippen LogP) is 0.0243. The Morgan fingerprint density at radius 2 is 2.08 bits per heavy atom. The average molecular weight is 188 g/mol. The van der Waals surface area contributed by atoms with Crippen LogP contribution in [-0.2, 0) is 4.79 Å². The van der Waals surface area contributed by atoms with Gasteiger partial charge in [-0.3, -0.25) is 14.9 Å². The summed E-state index contributed by atoms with van der Waals surface area (Å²) in [5.41, 5.74) is 1.48. The van der Waals surface area contributed by atoms with Crippen molar-refractivity contribution in [1.29, 1.82) is 0 Å². The van der Waals surface area contributed by atoms with Crippen molar-refractivity contribution in [2.24, 2.45) is 0 Å². The highest BCUT2D eigenvalue weighted by Gasteiger charge is 2.31. The zero-order valence-corrected chi connectivity index (χ0v) is 7.06. The van der Waals surface area contributed by atoms with Crippen LogP contribution in [0.3, 0.4) is 0 Å². The smallest absolute Gasteiger partial charge is 0.407 e. The minimum absolute atomic E-state index is 0.355. The van der Waals surface area contributed by atoms with E-state index in [4.69, 9.17) is 10.3 Å². The van der Waals surface area contributed by atoms with Crippen LogP contribution in [0.1, 0.15) is 19.3 Å². The number of hydrogen-bond donors (Lipinski definition) is 3. The van der Waals surface area contributed by atoms with E-state index in [1.54, 1.807) is 0 Å². The lowest BCUT2D eigenvalue weighted by molar-refractivity contribution is -0.135. The number of carbonyl (C=O) groups excluding carboxylic acids is 1. The Morgan fingerprint density at radius 3 is 2.62 bits per heavy atom. The van der Waals surface area contributed by atoms with E-state index in [0.29, 0.717) is 13.0 Å². The molecule has 74 valence electrons. The summed E-state index contributed by atoms with van der Waals surface area (Å²) in [5.74, 6) is -0.651. The van der Waals surface area contributed by atoms with E-state index in [0.717, 1.165) is 17.7 Å². The number of hydroxylamine groups is 1. The zero-order chi connectivity index (χ0) is 9.84. The van der Waals surface area contributed by atoms with Crippen LogP contribution in [-0.4, -0.2) is 39.8 Å². The number of rotatable bonds is 1. The highest BCUT2D eigenvalue weighted by atomic mass is 16.5. The van der Waals surface area contributed by atoms with E-state index in [1.807, 2.05) is 0 Å². The Hall–Kier alpha value is -1.30. The van der Waals surface area contributed by atoms with Gasteiger partial charge in [-0.15, -0.1) is 0 Å². The molecule has 0 aromatic heterocycles. The number of piperidine rings is 1. The molecule has 0 aromatic rings. The number of nitrogens with one attached hydrogen (secondary N) is 1. The standard InChI is InChI=1S/C7H12N2O4/c10-6(8-13)5-3-1-2-4-9(5)7(11)12/h5,13H,1-4H2,(H,8,10)(H,11,12). The van der Waals surface area contributed by atoms with Gasteiger partial charge in [0.25, 0.3) is 5.91 Å². The topological polar surface area (TPSA) is 89.9 Å². The number of amides is 2. The molecule has 13 heavy (non-hydrogen) atoms. The predicted molar refractivity (Wildman–Crippen MR) is 42.3 cm³/mol. The molecule has 6 nitrogen and oxygen atoms in total. The Morgan fingerprint density at radius 1 is 1.38 bits per heavy atom. The maximum absolute atomic E-state index is 11.0. The second-order valence-electron chi connectivity index (χ2n) is 2.96. The van der Waals surface area contributed by atoms with Gasteiger partial charge in [-0.1, -0.05) is 0 Å². The zero-order valence-electron chi connectivity index (χ0n) is 7.06. The lowest BCUT2D eigenvalue weighted by Gasteiger charge is -2.31. The largest absolute Gasteiger partial charge is 0.465 e. The van der Waals surface area contributed by atoms with Crippen LogP contribution in [0.5, 0.6) is 0 Å². The second-order valence-corrected chi connectivity index (χ2v) is 2.96. The van der Waals surface area contributed by atoms with Gasteiger partial charge in [0.05, 0.1) is 0 Å². The summed E-state index contributed by atoms with van der Waals surface area (Å²) in [6.45, 7) is 0.355. The van der Waals surface area contributed by atoms with E-state index in [-0.39, 0.29) is 0 Å². The van der Waals surface area contributed by atoms with Crippen molar-refractivity contribution in [2.45, 2.75) is 25.3 Å². The lowest BCUT2D eigenvalue weighted by Crippen LogP contribution is -2.50. The van der Waals surface area contributed by atoms with E-state index >= 15 is 0 Å². The Kier molecular flexibility index (Phi) is 3.07. The highest BCUT2D eigenvalue weighted by molar-refractivity contribution is 5.84. The molecule has 0 spiro atoms. The van der Waals surface area contributed by atoms with Gasteiger partial charge < -0.3 is 5.11 Å². The van der Waals surface area contributed by atoms with Crippen LogP contribution in [0, 0.1) is 0 Å². The molecule has 1 unspecified atom stereocenters. The molecule has 3 N–H and O–H groups in total. The van der Waals surface area contributed by atoms with Crippen LogP contribution < -0.4 is 5.48 Å². The molecule has 1 atom stereocenters. The van der Waals surface area contributed by atoms with Crippen molar-refractivity contribution < 1.29 is 19.9 Å². The molecular formula is C7H12N2O4. The Balaban J connectivity index is 2.67. The molecule has 1 saturated heterocycles. The number of likely N-dealkylation sites (tertiary alicyclic amines) is 1. The van der Waals surface area contributed by atoms with Crippen molar-refractivity contribution in [3.63, 3.8) is 0 Å². The fourth-order valence-electron chi connectivity index (χ4n) is 1.51. The fourth-order valence-corrected chi connectivity index (χ4v) is 1.51. The summed E-state index contributed by atoms with van der Waals surface area (Å²) < 4.78 is 0. The van der Waals surface area contributed by atoms with Crippen molar-refractivity contribution >= 4 is 12.0 Å². The van der Waals surface area contributed by atoms with Crippen LogP contribution in [0.4, 0.5) is 4.79 Å². The van der Waals surface area contributed by atoms with E-state index in [1.165, 1.54) is 5.48 Å². The molecule has 1 aliphatic heterocycles. The number of carboxylic acid groups (broad SMARTS) is 1. The average Bonchev–Trinajstić information content (AvgIpc) is 2.16. The van der Waals surface area contributed by atoms with Gasteiger partial charge in [0, 0.05) is 6.54 Å². The summed E-state index contributed by atoms with van der Waals surface area (Å²) in [5, 5.41) is 17.1. The van der Waals surface area contributed by atoms with E-state index in [2.05, 4.69) is 0 Å². The van der Waals surface area contributed by atoms with Gasteiger partial charge in [0.15, 0.2) is 0 Å². The van der Waals surface area contributed by atoms with Crippen LogP contribution >= 0.6 is 0 Å². The number of hydrogen-bond acceptors (Lipinski definition) is 3. The third-order valence-corrected chi connectivity index (χ3v) is 2.16. The van der Waals surface area contributed by atoms with Gasteiger partial charge >= 0.3 is 6.09 Å². The number of nitrogens with zero attached hydrogens (tertiary/aromatic N) is 1. The third-order valence-electron chi connectivity index (χ3n) is 2.16. The summed E-state index contributed by atoms with van der Waals surface area (Å²) in [6.07, 6.45) is 0.926. The van der Waals surface area contributed by atoms with Crippen molar-refractivity contribution in [2.75, 3.05) is 6.54 Å². The maximum Gasteiger partial charge on any atom is 0.407 e. The molecule has 0 radical (unpaired) electrons. The molecule has 6 heteroatoms. The normalized spacial score (nSPS) is 22.5. The van der Waals surface area contributed by atoms with E-state index in [9.17, 15) is 9.59 Å². The molecule has 0 aliphatic carbocycles. The van der Waals surface area contributed by atoms with Crippen molar-refractivity contribution in [3.05, 3.63) is 0 Å². The molecule has 0 saturated carbocycles. The second kappa shape index (κ2) is 4.08. The van der Waals surface area contributed by atoms with Gasteiger partial charge in [-0.05, 0) is 19.3 Å². The summed E-state index contributed by atoms with van der Waals surface area (Å²) >= 11 is 0. The Labute approximate surface area is 75.1 Å². The minimum Gasteiger partial charge on any atom is -0.465 e. The molecule has 1 rings (SSSR count). The van der Waals surface area contributed by atoms with Crippen molar-refractivity contribution in [1.82, 2.24) is 10.4 Å². The molecule has 2 amide bonds. The van der Waals surface area contributed by atoms with Gasteiger partial charge in [-0.2, -0.15) is 0 Å². The molecule has 1 aliphatic rings. The van der Waals surface area contributed by atoms with E-state index < -0.39 is 18.0 Å². The lowest BCUT2D eigenvalue weighted by atomic mass is 10.0. The summed E-state index contributed by atoms with van der Waals surface area (Å²) in [7, 11) is 0. The quantitative estimate of drug-likeness (QED) is 0.400. The first-order chi connectivity index (χ1) is 6.16. The highest BCUT2D eigenvalue weighted by Crippen LogP contribution is 2.16. The SMILES string of the molecule is O=C(NO)C1CCCCN1C(=O)O. The minimum atomic E-state index is -1.12. The molecular weight excluding hydrogens is 176 g/mol. The summed E-state index contributed by atoms with van der Waals surface area (Å²) in [4.78, 5) is 22.7. The summed E-state index contributed by atoms with van der Waals surface area (Å²) in [6, 6.07) is -0.740. The van der Waals surface area contributed by atoms with Crippen LogP contribution in [0.2, 0.25) is 0 Å². The monoisotopic (exact) mass is 188 g/mol. The Bertz CT molecular complexity index is 219. The first-order valence-corrected chi connectivity index (χ1v) is 4.10. The first-order valence-electron chi connectivity index (χ1n) is 4.10. The fraction of sp³-hybridized carbons (Fsp3) is 0.714. The first kappa shape index (κ1) is 9.79. The molecule has 1 heterocycles. The van der Waals surface area contributed by atoms with Crippen molar-refractivity contribution in [3.8, 4) is 0 Å². The van der Waals surface area contributed by atoms with Crippen LogP contribution in [0.25, 0.3) is 0 Å². The molecule has 0 bridgehead atoms. The van der Waals surface area contributed by atoms with Gasteiger partial charge in [0.2, 0.25) is 0 Å².